The molecule has 0 atom stereocenters. The van der Waals surface area contributed by atoms with Gasteiger partial charge in [0.15, 0.2) is 0 Å². The van der Waals surface area contributed by atoms with Gasteiger partial charge in [0.2, 0.25) is 10.0 Å². The molecule has 3 aromatic carbocycles. The Hall–Kier alpha value is -3.33. The fraction of sp³-hybridized carbons (Fsp3) is 0.0833. The van der Waals surface area contributed by atoms with Crippen LogP contribution >= 0.6 is 11.3 Å². The lowest BCUT2D eigenvalue weighted by Gasteiger charge is -2.11. The summed E-state index contributed by atoms with van der Waals surface area (Å²) in [5, 5.41) is 5.32. The van der Waals surface area contributed by atoms with Gasteiger partial charge in [-0.1, -0.05) is 42.5 Å². The Labute approximate surface area is 188 Å². The van der Waals surface area contributed by atoms with Crippen LogP contribution in [0, 0.1) is 0 Å². The second-order valence-corrected chi connectivity index (χ2v) is 10.5. The Balaban J connectivity index is 1.57. The highest BCUT2D eigenvalue weighted by molar-refractivity contribution is 7.89. The number of sulfonamides is 1. The minimum atomic E-state index is -3.50. The molecule has 5 rings (SSSR count). The zero-order valence-corrected chi connectivity index (χ0v) is 18.9. The van der Waals surface area contributed by atoms with Crippen molar-refractivity contribution in [1.82, 2.24) is 9.29 Å². The third-order valence-electron chi connectivity index (χ3n) is 5.31. The number of nitrogens with zero attached hydrogens (tertiary/aromatic N) is 2. The lowest BCUT2D eigenvalue weighted by molar-refractivity contribution is 0.521. The van der Waals surface area contributed by atoms with Crippen LogP contribution in [0.2, 0.25) is 0 Å². The van der Waals surface area contributed by atoms with E-state index >= 15 is 0 Å². The van der Waals surface area contributed by atoms with Crippen molar-refractivity contribution in [2.75, 3.05) is 14.1 Å². The molecular formula is C24H18N2O4S2. The van der Waals surface area contributed by atoms with Gasteiger partial charge in [0.05, 0.1) is 16.2 Å². The van der Waals surface area contributed by atoms with Gasteiger partial charge in [-0.15, -0.1) is 11.3 Å². The SMILES string of the molecule is CN(C)S(=O)(=O)c1ccc(-c2csc(-c3cc4c(ccc5ccccc54)oc3=O)n2)cc1. The topological polar surface area (TPSA) is 80.5 Å². The fourth-order valence-corrected chi connectivity index (χ4v) is 5.29. The zero-order chi connectivity index (χ0) is 22.5. The summed E-state index contributed by atoms with van der Waals surface area (Å²) in [5.74, 6) is 0. The zero-order valence-electron chi connectivity index (χ0n) is 17.3. The number of fused-ring (bicyclic) bond motifs is 3. The quantitative estimate of drug-likeness (QED) is 0.278. The van der Waals surface area contributed by atoms with Crippen LogP contribution in [0.4, 0.5) is 0 Å². The average molecular weight is 463 g/mol. The summed E-state index contributed by atoms with van der Waals surface area (Å²) >= 11 is 1.34. The lowest BCUT2D eigenvalue weighted by atomic mass is 10.0. The number of benzene rings is 3. The van der Waals surface area contributed by atoms with Crippen LogP contribution in [0.3, 0.4) is 0 Å². The summed E-state index contributed by atoms with van der Waals surface area (Å²) in [5.41, 5.74) is 1.92. The molecule has 0 N–H and O–H groups in total. The maximum absolute atomic E-state index is 12.7. The second kappa shape index (κ2) is 7.67. The van der Waals surface area contributed by atoms with E-state index in [1.165, 1.54) is 29.7 Å². The minimum Gasteiger partial charge on any atom is -0.422 e. The van der Waals surface area contributed by atoms with Gasteiger partial charge in [0, 0.05) is 30.4 Å². The normalized spacial score (nSPS) is 12.1. The Morgan fingerprint density at radius 3 is 2.44 bits per heavy atom. The summed E-state index contributed by atoms with van der Waals surface area (Å²) in [4.78, 5) is 17.5. The molecule has 0 saturated heterocycles. The highest BCUT2D eigenvalue weighted by Crippen LogP contribution is 2.31. The molecule has 0 aliphatic carbocycles. The lowest BCUT2D eigenvalue weighted by Crippen LogP contribution is -2.22. The maximum atomic E-state index is 12.7. The van der Waals surface area contributed by atoms with Gasteiger partial charge in [0.1, 0.15) is 10.6 Å². The predicted octanol–water partition coefficient (Wildman–Crippen LogP) is 4.99. The molecular weight excluding hydrogens is 444 g/mol. The van der Waals surface area contributed by atoms with E-state index in [1.54, 1.807) is 30.3 Å². The van der Waals surface area contributed by atoms with E-state index in [4.69, 9.17) is 4.42 Å². The molecule has 0 aliphatic rings. The maximum Gasteiger partial charge on any atom is 0.346 e. The summed E-state index contributed by atoms with van der Waals surface area (Å²) in [7, 11) is -0.508. The fourth-order valence-electron chi connectivity index (χ4n) is 3.56. The van der Waals surface area contributed by atoms with Crippen LogP contribution in [0.5, 0.6) is 0 Å². The first-order chi connectivity index (χ1) is 15.3. The van der Waals surface area contributed by atoms with Crippen molar-refractivity contribution >= 4 is 43.1 Å². The molecule has 0 saturated carbocycles. The van der Waals surface area contributed by atoms with Crippen LogP contribution < -0.4 is 5.63 Å². The Bertz CT molecular complexity index is 1630. The van der Waals surface area contributed by atoms with E-state index in [0.717, 1.165) is 21.7 Å². The predicted molar refractivity (Wildman–Crippen MR) is 127 cm³/mol. The van der Waals surface area contributed by atoms with Crippen LogP contribution in [0.25, 0.3) is 43.6 Å². The van der Waals surface area contributed by atoms with E-state index in [-0.39, 0.29) is 4.90 Å². The van der Waals surface area contributed by atoms with E-state index < -0.39 is 15.6 Å². The highest BCUT2D eigenvalue weighted by atomic mass is 32.2. The molecule has 6 nitrogen and oxygen atoms in total. The molecule has 5 aromatic rings. The van der Waals surface area contributed by atoms with Crippen molar-refractivity contribution in [1.29, 1.82) is 0 Å². The smallest absolute Gasteiger partial charge is 0.346 e. The van der Waals surface area contributed by atoms with E-state index in [9.17, 15) is 13.2 Å². The van der Waals surface area contributed by atoms with Gasteiger partial charge in [-0.25, -0.2) is 22.5 Å². The average Bonchev–Trinajstić information content (AvgIpc) is 3.28. The molecule has 32 heavy (non-hydrogen) atoms. The van der Waals surface area contributed by atoms with Crippen LogP contribution in [-0.2, 0) is 10.0 Å². The third-order valence-corrected chi connectivity index (χ3v) is 8.01. The molecule has 0 fully saturated rings. The van der Waals surface area contributed by atoms with Crippen molar-refractivity contribution in [2.45, 2.75) is 4.90 Å². The molecule has 0 amide bonds. The molecule has 0 aliphatic heterocycles. The molecule has 2 aromatic heterocycles. The van der Waals surface area contributed by atoms with Gasteiger partial charge in [-0.05, 0) is 35.0 Å². The molecule has 0 spiro atoms. The molecule has 160 valence electrons. The molecule has 0 unspecified atom stereocenters. The number of hydrogen-bond acceptors (Lipinski definition) is 6. The molecule has 0 radical (unpaired) electrons. The first kappa shape index (κ1) is 20.6. The van der Waals surface area contributed by atoms with E-state index in [1.807, 2.05) is 41.8 Å². The van der Waals surface area contributed by atoms with Crippen LogP contribution in [0.1, 0.15) is 0 Å². The number of hydrogen-bond donors (Lipinski definition) is 0. The van der Waals surface area contributed by atoms with Crippen molar-refractivity contribution in [2.24, 2.45) is 0 Å². The Morgan fingerprint density at radius 2 is 1.69 bits per heavy atom. The van der Waals surface area contributed by atoms with Crippen molar-refractivity contribution in [3.05, 3.63) is 82.5 Å². The van der Waals surface area contributed by atoms with Crippen LogP contribution in [0.15, 0.2) is 86.2 Å². The number of aromatic nitrogens is 1. The molecule has 0 bridgehead atoms. The van der Waals surface area contributed by atoms with E-state index in [2.05, 4.69) is 4.98 Å². The van der Waals surface area contributed by atoms with Gasteiger partial charge in [-0.3, -0.25) is 0 Å². The number of thiazole rings is 1. The molecule has 2 heterocycles. The standard InChI is InChI=1S/C24H18N2O4S2/c1-26(2)32(28,29)17-10-7-16(8-11-17)21-14-31-23(25-21)20-13-19-18-6-4-3-5-15(18)9-12-22(19)30-24(20)27/h3-14H,1-2H3. The first-order valence-electron chi connectivity index (χ1n) is 9.79. The summed E-state index contributed by atoms with van der Waals surface area (Å²) in [6.07, 6.45) is 0. The minimum absolute atomic E-state index is 0.212. The summed E-state index contributed by atoms with van der Waals surface area (Å²) in [6.45, 7) is 0. The molecule has 8 heteroatoms. The summed E-state index contributed by atoms with van der Waals surface area (Å²) < 4.78 is 31.3. The highest BCUT2D eigenvalue weighted by Gasteiger charge is 2.18. The number of rotatable bonds is 4. The van der Waals surface area contributed by atoms with Gasteiger partial charge >= 0.3 is 5.63 Å². The largest absolute Gasteiger partial charge is 0.422 e. The first-order valence-corrected chi connectivity index (χ1v) is 12.1. The van der Waals surface area contributed by atoms with Gasteiger partial charge in [0.25, 0.3) is 0 Å². The van der Waals surface area contributed by atoms with Gasteiger partial charge in [-0.2, -0.15) is 0 Å². The van der Waals surface area contributed by atoms with Crippen molar-refractivity contribution in [3.8, 4) is 21.8 Å². The summed E-state index contributed by atoms with van der Waals surface area (Å²) in [6, 6.07) is 20.0. The van der Waals surface area contributed by atoms with Crippen LogP contribution in [-0.4, -0.2) is 31.8 Å². The third kappa shape index (κ3) is 3.42. The van der Waals surface area contributed by atoms with Crippen molar-refractivity contribution in [3.63, 3.8) is 0 Å². The Kier molecular flexibility index (Phi) is 4.93. The van der Waals surface area contributed by atoms with Gasteiger partial charge < -0.3 is 4.42 Å². The monoisotopic (exact) mass is 462 g/mol. The Morgan fingerprint density at radius 1 is 0.938 bits per heavy atom. The second-order valence-electron chi connectivity index (χ2n) is 7.50. The van der Waals surface area contributed by atoms with E-state index in [0.29, 0.717) is 21.8 Å². The van der Waals surface area contributed by atoms with Crippen molar-refractivity contribution < 1.29 is 12.8 Å².